The maximum Gasteiger partial charge on any atom is 0.0716 e. The molecule has 0 aliphatic carbocycles. The number of hydrogen-bond acceptors (Lipinski definition) is 1. The van der Waals surface area contributed by atoms with Crippen LogP contribution < -0.4 is 0 Å². The van der Waals surface area contributed by atoms with Gasteiger partial charge in [-0.05, 0) is 22.8 Å². The zero-order valence-electron chi connectivity index (χ0n) is 11.2. The highest BCUT2D eigenvalue weighted by atomic mass is 127. The fourth-order valence-electron chi connectivity index (χ4n) is 1.95. The molecule has 102 valence electrons. The molecule has 0 unspecified atom stereocenters. The molecule has 0 bridgehead atoms. The van der Waals surface area contributed by atoms with Gasteiger partial charge in [-0.3, -0.25) is 0 Å². The Balaban J connectivity index is 1.82. The first-order valence-electron chi connectivity index (χ1n) is 7.11. The summed E-state index contributed by atoms with van der Waals surface area (Å²) in [5.41, 5.74) is 1.27. The van der Waals surface area contributed by atoms with Crippen molar-refractivity contribution in [3.05, 3.63) is 35.9 Å². The van der Waals surface area contributed by atoms with E-state index < -0.39 is 0 Å². The molecule has 2 heteroatoms. The Morgan fingerprint density at radius 1 is 0.778 bits per heavy atom. The summed E-state index contributed by atoms with van der Waals surface area (Å²) in [5, 5.41) is 0. The van der Waals surface area contributed by atoms with Gasteiger partial charge in [0.15, 0.2) is 0 Å². The molecule has 1 rings (SSSR count). The molecule has 0 radical (unpaired) electrons. The lowest BCUT2D eigenvalue weighted by atomic mass is 10.1. The average molecular weight is 360 g/mol. The van der Waals surface area contributed by atoms with E-state index in [0.717, 1.165) is 13.2 Å². The molecule has 1 aromatic carbocycles. The second-order valence-electron chi connectivity index (χ2n) is 4.70. The minimum absolute atomic E-state index is 0.760. The van der Waals surface area contributed by atoms with E-state index in [1.807, 2.05) is 6.07 Å². The van der Waals surface area contributed by atoms with Crippen molar-refractivity contribution < 1.29 is 4.74 Å². The van der Waals surface area contributed by atoms with Crippen LogP contribution in [0.4, 0.5) is 0 Å². The Morgan fingerprint density at radius 2 is 1.39 bits per heavy atom. The number of alkyl halides is 1. The van der Waals surface area contributed by atoms with Crippen molar-refractivity contribution in [2.45, 2.75) is 51.6 Å². The summed E-state index contributed by atoms with van der Waals surface area (Å²) in [5.74, 6) is 0. The second kappa shape index (κ2) is 12.0. The number of ether oxygens (including phenoxy) is 1. The molecule has 1 nitrogen and oxygen atoms in total. The van der Waals surface area contributed by atoms with Crippen LogP contribution in [-0.4, -0.2) is 11.0 Å². The number of unbranched alkanes of at least 4 members (excludes halogenated alkanes) is 6. The van der Waals surface area contributed by atoms with Crippen LogP contribution in [0.2, 0.25) is 0 Å². The number of hydrogen-bond donors (Lipinski definition) is 0. The molecular weight excluding hydrogens is 335 g/mol. The molecule has 0 saturated heterocycles. The van der Waals surface area contributed by atoms with Gasteiger partial charge in [0.25, 0.3) is 0 Å². The van der Waals surface area contributed by atoms with Gasteiger partial charge in [-0.2, -0.15) is 0 Å². The molecule has 18 heavy (non-hydrogen) atoms. The van der Waals surface area contributed by atoms with Crippen LogP contribution in [-0.2, 0) is 11.3 Å². The van der Waals surface area contributed by atoms with E-state index >= 15 is 0 Å². The molecule has 0 fully saturated rings. The molecule has 0 atom stereocenters. The minimum Gasteiger partial charge on any atom is -0.377 e. The molecule has 0 aliphatic heterocycles. The van der Waals surface area contributed by atoms with Crippen molar-refractivity contribution in [3.63, 3.8) is 0 Å². The van der Waals surface area contributed by atoms with Crippen LogP contribution >= 0.6 is 22.6 Å². The zero-order valence-corrected chi connectivity index (χ0v) is 13.4. The number of benzene rings is 1. The summed E-state index contributed by atoms with van der Waals surface area (Å²) in [4.78, 5) is 0. The Morgan fingerprint density at radius 3 is 2.06 bits per heavy atom. The Kier molecular flexibility index (Phi) is 10.6. The van der Waals surface area contributed by atoms with Crippen molar-refractivity contribution in [3.8, 4) is 0 Å². The lowest BCUT2D eigenvalue weighted by Crippen LogP contribution is -1.95. The van der Waals surface area contributed by atoms with Gasteiger partial charge in [0.2, 0.25) is 0 Å². The quantitative estimate of drug-likeness (QED) is 0.293. The molecular formula is C16H25IO. The van der Waals surface area contributed by atoms with Crippen molar-refractivity contribution >= 4 is 22.6 Å². The minimum atomic E-state index is 0.760. The first kappa shape index (κ1) is 16.0. The standard InChI is InChI=1S/C16H25IO/c17-13-9-4-2-1-3-5-10-14-18-15-16-11-7-6-8-12-16/h6-8,11-12H,1-5,9-10,13-15H2. The second-order valence-corrected chi connectivity index (χ2v) is 5.78. The van der Waals surface area contributed by atoms with Crippen LogP contribution in [0, 0.1) is 0 Å². The highest BCUT2D eigenvalue weighted by molar-refractivity contribution is 14.1. The van der Waals surface area contributed by atoms with Gasteiger partial charge in [-0.25, -0.2) is 0 Å². The maximum atomic E-state index is 5.66. The van der Waals surface area contributed by atoms with E-state index in [1.165, 1.54) is 54.9 Å². The maximum absolute atomic E-state index is 5.66. The number of rotatable bonds is 11. The highest BCUT2D eigenvalue weighted by Crippen LogP contribution is 2.08. The molecule has 0 aromatic heterocycles. The van der Waals surface area contributed by atoms with E-state index in [0.29, 0.717) is 0 Å². The summed E-state index contributed by atoms with van der Waals surface area (Å²) < 4.78 is 6.97. The molecule has 0 amide bonds. The van der Waals surface area contributed by atoms with E-state index in [-0.39, 0.29) is 0 Å². The summed E-state index contributed by atoms with van der Waals surface area (Å²) in [7, 11) is 0. The van der Waals surface area contributed by atoms with E-state index in [1.54, 1.807) is 0 Å². The third-order valence-corrected chi connectivity index (χ3v) is 3.80. The Bertz CT molecular complexity index is 274. The first-order chi connectivity index (χ1) is 8.93. The lowest BCUT2D eigenvalue weighted by molar-refractivity contribution is 0.116. The number of halogens is 1. The molecule has 0 heterocycles. The topological polar surface area (TPSA) is 9.23 Å². The Labute approximate surface area is 125 Å². The molecule has 0 saturated carbocycles. The van der Waals surface area contributed by atoms with Gasteiger partial charge >= 0.3 is 0 Å². The van der Waals surface area contributed by atoms with Crippen LogP contribution in [0.3, 0.4) is 0 Å². The van der Waals surface area contributed by atoms with Crippen LogP contribution in [0.1, 0.15) is 50.5 Å². The van der Waals surface area contributed by atoms with Crippen LogP contribution in [0.25, 0.3) is 0 Å². The monoisotopic (exact) mass is 360 g/mol. The van der Waals surface area contributed by atoms with Gasteiger partial charge < -0.3 is 4.74 Å². The SMILES string of the molecule is ICCCCCCCCCOCc1ccccc1. The van der Waals surface area contributed by atoms with Gasteiger partial charge in [0.05, 0.1) is 6.61 Å². The van der Waals surface area contributed by atoms with Crippen LogP contribution in [0.5, 0.6) is 0 Å². The summed E-state index contributed by atoms with van der Waals surface area (Å²) in [6.07, 6.45) is 9.51. The van der Waals surface area contributed by atoms with Crippen molar-refractivity contribution in [1.29, 1.82) is 0 Å². The van der Waals surface area contributed by atoms with Crippen LogP contribution in [0.15, 0.2) is 30.3 Å². The van der Waals surface area contributed by atoms with Gasteiger partial charge in [-0.1, -0.05) is 85.0 Å². The third-order valence-electron chi connectivity index (χ3n) is 3.03. The molecule has 0 spiro atoms. The predicted molar refractivity (Wildman–Crippen MR) is 87.3 cm³/mol. The fourth-order valence-corrected chi connectivity index (χ4v) is 2.49. The van der Waals surface area contributed by atoms with E-state index in [2.05, 4.69) is 46.9 Å². The summed E-state index contributed by atoms with van der Waals surface area (Å²) >= 11 is 2.46. The third kappa shape index (κ3) is 8.92. The normalized spacial score (nSPS) is 10.7. The fraction of sp³-hybridized carbons (Fsp3) is 0.625. The molecule has 1 aromatic rings. The van der Waals surface area contributed by atoms with Gasteiger partial charge in [0.1, 0.15) is 0 Å². The van der Waals surface area contributed by atoms with E-state index in [9.17, 15) is 0 Å². The molecule has 0 N–H and O–H groups in total. The predicted octanol–water partition coefficient (Wildman–Crippen LogP) is 5.37. The lowest BCUT2D eigenvalue weighted by Gasteiger charge is -2.04. The van der Waals surface area contributed by atoms with Gasteiger partial charge in [-0.15, -0.1) is 0 Å². The van der Waals surface area contributed by atoms with E-state index in [4.69, 9.17) is 4.74 Å². The Hall–Kier alpha value is -0.0900. The smallest absolute Gasteiger partial charge is 0.0716 e. The molecule has 0 aliphatic rings. The highest BCUT2D eigenvalue weighted by Gasteiger charge is 1.93. The van der Waals surface area contributed by atoms with Crippen molar-refractivity contribution in [2.24, 2.45) is 0 Å². The van der Waals surface area contributed by atoms with Crippen molar-refractivity contribution in [2.75, 3.05) is 11.0 Å². The zero-order chi connectivity index (χ0) is 12.9. The van der Waals surface area contributed by atoms with Gasteiger partial charge in [0, 0.05) is 6.61 Å². The van der Waals surface area contributed by atoms with Crippen molar-refractivity contribution in [1.82, 2.24) is 0 Å². The first-order valence-corrected chi connectivity index (χ1v) is 8.63. The largest absolute Gasteiger partial charge is 0.377 e. The summed E-state index contributed by atoms with van der Waals surface area (Å²) in [6, 6.07) is 10.4. The summed E-state index contributed by atoms with van der Waals surface area (Å²) in [6.45, 7) is 1.67. The average Bonchev–Trinajstić information content (AvgIpc) is 2.42.